The summed E-state index contributed by atoms with van der Waals surface area (Å²) in [6.07, 6.45) is 43.6. The Labute approximate surface area is 376 Å². The van der Waals surface area contributed by atoms with Gasteiger partial charge >= 0.3 is 0 Å². The largest absolute Gasteiger partial charge is 0.252 e. The second kappa shape index (κ2) is 40.8. The number of benzene rings is 2. The summed E-state index contributed by atoms with van der Waals surface area (Å²) >= 11 is 0. The van der Waals surface area contributed by atoms with Crippen molar-refractivity contribution in [2.24, 2.45) is 9.98 Å². The number of hydrogen-bond acceptors (Lipinski definition) is 2. The molecule has 59 heavy (non-hydrogen) atoms. The second-order valence-corrected chi connectivity index (χ2v) is 17.0. The van der Waals surface area contributed by atoms with Gasteiger partial charge in [0.15, 0.2) is 0 Å². The first-order valence-corrected chi connectivity index (χ1v) is 25.0. The summed E-state index contributed by atoms with van der Waals surface area (Å²) in [5.41, 5.74) is 6.44. The molecule has 0 aromatic heterocycles. The van der Waals surface area contributed by atoms with Crippen molar-refractivity contribution in [2.45, 2.75) is 246 Å². The molecule has 0 spiro atoms. The summed E-state index contributed by atoms with van der Waals surface area (Å²) < 4.78 is 0. The van der Waals surface area contributed by atoms with Gasteiger partial charge in [-0.2, -0.15) is 0 Å². The van der Waals surface area contributed by atoms with Gasteiger partial charge in [0, 0.05) is 40.5 Å². The third-order valence-corrected chi connectivity index (χ3v) is 11.4. The Morgan fingerprint density at radius 3 is 1.00 bits per heavy atom. The zero-order chi connectivity index (χ0) is 41.4. The van der Waals surface area contributed by atoms with Crippen molar-refractivity contribution in [1.29, 1.82) is 0 Å². The molecule has 2 rings (SSSR count). The van der Waals surface area contributed by atoms with Crippen molar-refractivity contribution in [3.8, 4) is 23.7 Å². The summed E-state index contributed by atoms with van der Waals surface area (Å²) in [5, 5.41) is 0. The topological polar surface area (TPSA) is 24.7 Å². The molecule has 0 saturated carbocycles. The van der Waals surface area contributed by atoms with E-state index in [0.29, 0.717) is 0 Å². The predicted molar refractivity (Wildman–Crippen MR) is 261 cm³/mol. The van der Waals surface area contributed by atoms with E-state index in [1.807, 2.05) is 0 Å². The zero-order valence-corrected chi connectivity index (χ0v) is 39.9. The molecule has 332 valence electrons. The van der Waals surface area contributed by atoms with Crippen LogP contribution in [-0.2, 0) is 16.5 Å². The van der Waals surface area contributed by atoms with E-state index >= 15 is 0 Å². The number of hydrogen-bond donors (Lipinski definition) is 0. The van der Waals surface area contributed by atoms with Crippen LogP contribution in [0.3, 0.4) is 0 Å². The molecule has 0 fully saturated rings. The molecule has 3 heteroatoms. The van der Waals surface area contributed by atoms with E-state index in [1.54, 1.807) is 0 Å². The molecule has 0 aliphatic heterocycles. The number of aliphatic imine (C=N–C) groups is 2. The summed E-state index contributed by atoms with van der Waals surface area (Å²) in [4.78, 5) is 10.8. The van der Waals surface area contributed by atoms with Gasteiger partial charge in [-0.1, -0.05) is 230 Å². The average Bonchev–Trinajstić information content (AvgIpc) is 3.24. The summed E-state index contributed by atoms with van der Waals surface area (Å²) in [6.45, 7) is 9.17. The van der Waals surface area contributed by atoms with Gasteiger partial charge in [0.25, 0.3) is 0 Å². The first-order chi connectivity index (χ1) is 28.7. The van der Waals surface area contributed by atoms with Crippen LogP contribution in [0, 0.1) is 23.7 Å². The Hall–Kier alpha value is -2.61. The fraction of sp³-hybridized carbons (Fsp3) is 0.679. The smallest absolute Gasteiger partial charge is 0.0646 e. The molecule has 0 aliphatic carbocycles. The first-order valence-electron chi connectivity index (χ1n) is 25.0. The molecule has 2 aromatic rings. The van der Waals surface area contributed by atoms with Crippen molar-refractivity contribution >= 4 is 22.8 Å². The van der Waals surface area contributed by atoms with Gasteiger partial charge in [-0.05, 0) is 74.9 Å². The van der Waals surface area contributed by atoms with E-state index in [2.05, 4.69) is 99.9 Å². The number of nitrogens with zero attached hydrogens (tertiary/aromatic N) is 2. The predicted octanol–water partition coefficient (Wildman–Crippen LogP) is 18.6. The van der Waals surface area contributed by atoms with E-state index in [1.165, 1.54) is 180 Å². The van der Waals surface area contributed by atoms with Crippen LogP contribution in [-0.4, -0.2) is 11.4 Å². The third kappa shape index (κ3) is 31.0. The minimum absolute atomic E-state index is 0. The summed E-state index contributed by atoms with van der Waals surface area (Å²) in [7, 11) is 0. The summed E-state index contributed by atoms with van der Waals surface area (Å²) in [5.74, 6) is 13.9. The molecule has 0 amide bonds. The van der Waals surface area contributed by atoms with Crippen molar-refractivity contribution in [1.82, 2.24) is 0 Å². The fourth-order valence-corrected chi connectivity index (χ4v) is 7.67. The van der Waals surface area contributed by atoms with E-state index < -0.39 is 0 Å². The minimum Gasteiger partial charge on any atom is -0.252 e. The van der Waals surface area contributed by atoms with Crippen LogP contribution in [0.2, 0.25) is 0 Å². The van der Waals surface area contributed by atoms with E-state index in [0.717, 1.165) is 72.4 Å². The molecule has 0 saturated heterocycles. The molecule has 0 radical (unpaired) electrons. The van der Waals surface area contributed by atoms with Gasteiger partial charge in [0.1, 0.15) is 0 Å². The number of rotatable bonds is 35. The molecule has 2 nitrogen and oxygen atoms in total. The Morgan fingerprint density at radius 1 is 0.373 bits per heavy atom. The third-order valence-electron chi connectivity index (χ3n) is 11.4. The molecular weight excluding hydrogens is 759 g/mol. The Bertz CT molecular complexity index is 1460. The maximum atomic E-state index is 5.38. The van der Waals surface area contributed by atoms with Gasteiger partial charge in [0.05, 0.1) is 22.8 Å². The quantitative estimate of drug-likeness (QED) is 0.0286. The standard InChI is InChI=1S/C56H88N2.Ni/c1-5-9-13-17-20-22-24-26-28-30-32-35-41-51-43-39-45-53(49-51)57-55(47-37-16-12-8-4)56(48-38-34-19-15-11-7-3)58-54-46-40-44-52(50-54)42-36-33-31-29-27-25-23-21-18-14-10-6-2;/h39-40,43-46,49-50H,5-34,37-38,47-48H2,1-4H3;. The van der Waals surface area contributed by atoms with Gasteiger partial charge in [-0.25, -0.2) is 0 Å². The number of unbranched alkanes of at least 4 members (excludes halogenated alkanes) is 28. The van der Waals surface area contributed by atoms with Crippen LogP contribution in [0.1, 0.15) is 257 Å². The van der Waals surface area contributed by atoms with E-state index in [-0.39, 0.29) is 16.5 Å². The van der Waals surface area contributed by atoms with Gasteiger partial charge < -0.3 is 0 Å². The summed E-state index contributed by atoms with van der Waals surface area (Å²) in [6, 6.07) is 17.2. The molecule has 0 atom stereocenters. The van der Waals surface area contributed by atoms with Crippen molar-refractivity contribution in [3.63, 3.8) is 0 Å². The monoisotopic (exact) mass is 847 g/mol. The molecular formula is C56H88N2Ni. The maximum absolute atomic E-state index is 5.38. The second-order valence-electron chi connectivity index (χ2n) is 17.0. The SMILES string of the molecule is CCCCCCCCCCCCC#Cc1cccc(N=C(CCCCCC)C(CCCCCCCC)=Nc2cccc(C#CCCCCCCCCCCCC)c2)c1.[Ni]. The van der Waals surface area contributed by atoms with Gasteiger partial charge in [0.2, 0.25) is 0 Å². The van der Waals surface area contributed by atoms with Crippen molar-refractivity contribution < 1.29 is 16.5 Å². The van der Waals surface area contributed by atoms with Crippen LogP contribution in [0.5, 0.6) is 0 Å². The Morgan fingerprint density at radius 2 is 0.661 bits per heavy atom. The van der Waals surface area contributed by atoms with Crippen LogP contribution in [0.15, 0.2) is 58.5 Å². The zero-order valence-electron chi connectivity index (χ0n) is 38.9. The molecule has 0 heterocycles. The molecule has 0 unspecified atom stereocenters. The van der Waals surface area contributed by atoms with Gasteiger partial charge in [-0.15, -0.1) is 0 Å². The van der Waals surface area contributed by atoms with Crippen LogP contribution >= 0.6 is 0 Å². The fourth-order valence-electron chi connectivity index (χ4n) is 7.67. The maximum Gasteiger partial charge on any atom is 0.0646 e. The molecule has 0 N–H and O–H groups in total. The molecule has 0 bridgehead atoms. The normalized spacial score (nSPS) is 11.5. The molecule has 0 aliphatic rings. The molecule has 2 aromatic carbocycles. The van der Waals surface area contributed by atoms with Crippen LogP contribution in [0.4, 0.5) is 11.4 Å². The Balaban J connectivity index is 0.0000174. The van der Waals surface area contributed by atoms with E-state index in [9.17, 15) is 0 Å². The van der Waals surface area contributed by atoms with E-state index in [4.69, 9.17) is 9.98 Å². The van der Waals surface area contributed by atoms with Crippen molar-refractivity contribution in [3.05, 3.63) is 59.7 Å². The minimum atomic E-state index is 0. The average molecular weight is 848 g/mol. The van der Waals surface area contributed by atoms with Gasteiger partial charge in [-0.3, -0.25) is 9.98 Å². The van der Waals surface area contributed by atoms with Crippen LogP contribution < -0.4 is 0 Å². The van der Waals surface area contributed by atoms with Crippen LogP contribution in [0.25, 0.3) is 0 Å². The Kier molecular flexibility index (Phi) is 37.6. The first kappa shape index (κ1) is 54.4. The van der Waals surface area contributed by atoms with Crippen molar-refractivity contribution in [2.75, 3.05) is 0 Å².